The number of aromatic amines is 1. The van der Waals surface area contributed by atoms with Crippen molar-refractivity contribution in [1.82, 2.24) is 24.7 Å². The molecule has 0 aromatic carbocycles. The molecule has 0 fully saturated rings. The van der Waals surface area contributed by atoms with Gasteiger partial charge >= 0.3 is 0 Å². The number of halogens is 2. The lowest BCUT2D eigenvalue weighted by molar-refractivity contribution is 0.740. The van der Waals surface area contributed by atoms with Gasteiger partial charge in [-0.2, -0.15) is 5.10 Å². The Morgan fingerprint density at radius 1 is 1.28 bits per heavy atom. The number of pyridine rings is 1. The van der Waals surface area contributed by atoms with Gasteiger partial charge < -0.3 is 4.98 Å². The molecule has 3 aromatic heterocycles. The Morgan fingerprint density at radius 3 is 2.72 bits per heavy atom. The van der Waals surface area contributed by atoms with Crippen LogP contribution in [0.15, 0.2) is 12.3 Å². The molecule has 0 amide bonds. The number of nitrogens with zero attached hydrogens (tertiary/aromatic N) is 4. The standard InChI is InChI=1S/C11H9Cl2N5/c1-5-6(4-14-18(5)2)10-15-8-3-7(12)9(13)16-11(8)17-10/h3-4H,1-2H3,(H,15,16,17). The van der Waals surface area contributed by atoms with Crippen LogP contribution in [0.5, 0.6) is 0 Å². The van der Waals surface area contributed by atoms with Gasteiger partial charge in [0, 0.05) is 12.7 Å². The van der Waals surface area contributed by atoms with Crippen LogP contribution < -0.4 is 0 Å². The van der Waals surface area contributed by atoms with Gasteiger partial charge in [0.15, 0.2) is 5.65 Å². The fraction of sp³-hybridized carbons (Fsp3) is 0.182. The molecule has 92 valence electrons. The van der Waals surface area contributed by atoms with E-state index in [-0.39, 0.29) is 5.15 Å². The summed E-state index contributed by atoms with van der Waals surface area (Å²) in [4.78, 5) is 11.7. The molecule has 5 nitrogen and oxygen atoms in total. The molecule has 0 bridgehead atoms. The Balaban J connectivity index is 2.22. The molecule has 0 radical (unpaired) electrons. The van der Waals surface area contributed by atoms with Crippen LogP contribution in [-0.2, 0) is 7.05 Å². The molecule has 0 saturated carbocycles. The van der Waals surface area contributed by atoms with Crippen molar-refractivity contribution in [3.8, 4) is 11.4 Å². The lowest BCUT2D eigenvalue weighted by Crippen LogP contribution is -1.92. The highest BCUT2D eigenvalue weighted by Gasteiger charge is 2.13. The number of imidazole rings is 1. The molecule has 3 heterocycles. The number of rotatable bonds is 1. The van der Waals surface area contributed by atoms with Crippen molar-refractivity contribution < 1.29 is 0 Å². The molecular weight excluding hydrogens is 273 g/mol. The highest BCUT2D eigenvalue weighted by atomic mass is 35.5. The Morgan fingerprint density at radius 2 is 2.06 bits per heavy atom. The summed E-state index contributed by atoms with van der Waals surface area (Å²) >= 11 is 11.8. The first-order chi connectivity index (χ1) is 8.56. The van der Waals surface area contributed by atoms with Crippen molar-refractivity contribution in [3.63, 3.8) is 0 Å². The summed E-state index contributed by atoms with van der Waals surface area (Å²) in [6.07, 6.45) is 1.76. The largest absolute Gasteiger partial charge is 0.336 e. The van der Waals surface area contributed by atoms with Crippen LogP contribution in [-0.4, -0.2) is 24.7 Å². The summed E-state index contributed by atoms with van der Waals surface area (Å²) < 4.78 is 1.79. The molecule has 7 heteroatoms. The third-order valence-corrected chi connectivity index (χ3v) is 3.55. The van der Waals surface area contributed by atoms with E-state index >= 15 is 0 Å². The highest BCUT2D eigenvalue weighted by Crippen LogP contribution is 2.26. The SMILES string of the molecule is Cc1c(-c2nc3nc(Cl)c(Cl)cc3[nH]2)cnn1C. The summed E-state index contributed by atoms with van der Waals surface area (Å²) in [5.74, 6) is 0.710. The summed E-state index contributed by atoms with van der Waals surface area (Å²) in [6.45, 7) is 1.98. The summed E-state index contributed by atoms with van der Waals surface area (Å²) in [7, 11) is 1.88. The van der Waals surface area contributed by atoms with Gasteiger partial charge in [0.25, 0.3) is 0 Å². The quantitative estimate of drug-likeness (QED) is 0.698. The maximum atomic E-state index is 5.92. The normalized spacial score (nSPS) is 11.3. The second kappa shape index (κ2) is 3.96. The van der Waals surface area contributed by atoms with Crippen molar-refractivity contribution in [2.24, 2.45) is 7.05 Å². The highest BCUT2D eigenvalue weighted by molar-refractivity contribution is 6.41. The molecule has 1 N–H and O–H groups in total. The van der Waals surface area contributed by atoms with Gasteiger partial charge in [-0.15, -0.1) is 0 Å². The van der Waals surface area contributed by atoms with Crippen molar-refractivity contribution >= 4 is 34.4 Å². The van der Waals surface area contributed by atoms with Crippen LogP contribution in [0.4, 0.5) is 0 Å². The minimum Gasteiger partial charge on any atom is -0.336 e. The lowest BCUT2D eigenvalue weighted by Gasteiger charge is -1.95. The van der Waals surface area contributed by atoms with Gasteiger partial charge in [0.05, 0.1) is 22.3 Å². The molecule has 0 atom stereocenters. The monoisotopic (exact) mass is 281 g/mol. The second-order valence-corrected chi connectivity index (χ2v) is 4.75. The van der Waals surface area contributed by atoms with Gasteiger partial charge in [-0.25, -0.2) is 9.97 Å². The third kappa shape index (κ3) is 1.67. The molecule has 0 spiro atoms. The molecule has 0 aliphatic rings. The lowest BCUT2D eigenvalue weighted by atomic mass is 10.2. The van der Waals surface area contributed by atoms with E-state index in [9.17, 15) is 0 Å². The van der Waals surface area contributed by atoms with Crippen LogP contribution in [0.25, 0.3) is 22.6 Å². The fourth-order valence-corrected chi connectivity index (χ4v) is 2.04. The third-order valence-electron chi connectivity index (χ3n) is 2.87. The topological polar surface area (TPSA) is 59.4 Å². The van der Waals surface area contributed by atoms with Crippen LogP contribution in [0, 0.1) is 6.92 Å². The number of fused-ring (bicyclic) bond motifs is 1. The molecule has 0 unspecified atom stereocenters. The van der Waals surface area contributed by atoms with Crippen LogP contribution in [0.1, 0.15) is 5.69 Å². The zero-order valence-electron chi connectivity index (χ0n) is 9.70. The number of aryl methyl sites for hydroxylation is 1. The second-order valence-electron chi connectivity index (χ2n) is 3.98. The van der Waals surface area contributed by atoms with E-state index < -0.39 is 0 Å². The fourth-order valence-electron chi connectivity index (χ4n) is 1.75. The molecule has 3 aromatic rings. The van der Waals surface area contributed by atoms with Crippen LogP contribution >= 0.6 is 23.2 Å². The Labute approximate surface area is 113 Å². The smallest absolute Gasteiger partial charge is 0.179 e. The van der Waals surface area contributed by atoms with Gasteiger partial charge in [-0.1, -0.05) is 23.2 Å². The maximum Gasteiger partial charge on any atom is 0.179 e. The van der Waals surface area contributed by atoms with E-state index in [1.165, 1.54) is 0 Å². The van der Waals surface area contributed by atoms with E-state index in [1.807, 2.05) is 14.0 Å². The van der Waals surface area contributed by atoms with E-state index in [4.69, 9.17) is 23.2 Å². The molecular formula is C11H9Cl2N5. The Kier molecular flexibility index (Phi) is 2.53. The zero-order chi connectivity index (χ0) is 12.9. The van der Waals surface area contributed by atoms with Gasteiger partial charge in [-0.3, -0.25) is 4.68 Å². The summed E-state index contributed by atoms with van der Waals surface area (Å²) in [5.41, 5.74) is 3.25. The first-order valence-corrected chi connectivity index (χ1v) is 6.02. The van der Waals surface area contributed by atoms with Gasteiger partial charge in [-0.05, 0) is 13.0 Å². The first kappa shape index (κ1) is 11.5. The first-order valence-electron chi connectivity index (χ1n) is 5.27. The predicted molar refractivity (Wildman–Crippen MR) is 70.8 cm³/mol. The van der Waals surface area contributed by atoms with Gasteiger partial charge in [0.2, 0.25) is 0 Å². The van der Waals surface area contributed by atoms with Crippen molar-refractivity contribution in [3.05, 3.63) is 28.1 Å². The molecule has 18 heavy (non-hydrogen) atoms. The molecule has 0 saturated heterocycles. The number of hydrogen-bond donors (Lipinski definition) is 1. The number of nitrogens with one attached hydrogen (secondary N) is 1. The maximum absolute atomic E-state index is 5.92. The van der Waals surface area contributed by atoms with E-state index in [0.717, 1.165) is 16.8 Å². The minimum absolute atomic E-state index is 0.255. The molecule has 0 aliphatic heterocycles. The van der Waals surface area contributed by atoms with Gasteiger partial charge in [0.1, 0.15) is 11.0 Å². The Bertz CT molecular complexity index is 704. The van der Waals surface area contributed by atoms with Crippen molar-refractivity contribution in [2.45, 2.75) is 6.92 Å². The zero-order valence-corrected chi connectivity index (χ0v) is 11.2. The molecule has 3 rings (SSSR count). The van der Waals surface area contributed by atoms with Crippen LogP contribution in [0.3, 0.4) is 0 Å². The number of H-pyrrole nitrogens is 1. The Hall–Kier alpha value is -1.59. The molecule has 0 aliphatic carbocycles. The average molecular weight is 282 g/mol. The summed E-state index contributed by atoms with van der Waals surface area (Å²) in [6, 6.07) is 1.72. The number of aromatic nitrogens is 5. The van der Waals surface area contributed by atoms with Crippen molar-refractivity contribution in [2.75, 3.05) is 0 Å². The summed E-state index contributed by atoms with van der Waals surface area (Å²) in [5, 5.41) is 4.84. The van der Waals surface area contributed by atoms with E-state index in [2.05, 4.69) is 20.1 Å². The number of hydrogen-bond acceptors (Lipinski definition) is 3. The van der Waals surface area contributed by atoms with Crippen LogP contribution in [0.2, 0.25) is 10.2 Å². The predicted octanol–water partition coefficient (Wildman–Crippen LogP) is 2.97. The van der Waals surface area contributed by atoms with E-state index in [1.54, 1.807) is 16.9 Å². The van der Waals surface area contributed by atoms with E-state index in [0.29, 0.717) is 16.5 Å². The van der Waals surface area contributed by atoms with Crippen molar-refractivity contribution in [1.29, 1.82) is 0 Å². The minimum atomic E-state index is 0.255. The average Bonchev–Trinajstić information content (AvgIpc) is 2.85.